The van der Waals surface area contributed by atoms with E-state index in [0.29, 0.717) is 5.56 Å². The van der Waals surface area contributed by atoms with Crippen molar-refractivity contribution < 1.29 is 14.6 Å². The summed E-state index contributed by atoms with van der Waals surface area (Å²) in [5.41, 5.74) is 2.78. The largest absolute Gasteiger partial charge is 0.507 e. The first-order valence-corrected chi connectivity index (χ1v) is 5.61. The Kier molecular flexibility index (Phi) is 3.33. The molecule has 0 saturated heterocycles. The zero-order valence-electron chi connectivity index (χ0n) is 10.3. The van der Waals surface area contributed by atoms with Gasteiger partial charge in [0.25, 0.3) is 0 Å². The van der Waals surface area contributed by atoms with E-state index >= 15 is 0 Å². The number of ether oxygens (including phenoxy) is 1. The number of benzene rings is 2. The van der Waals surface area contributed by atoms with Crippen LogP contribution in [0.5, 0.6) is 5.75 Å². The topological polar surface area (TPSA) is 46.5 Å². The van der Waals surface area contributed by atoms with Gasteiger partial charge in [-0.2, -0.15) is 0 Å². The molecule has 2 rings (SSSR count). The molecule has 0 heterocycles. The van der Waals surface area contributed by atoms with E-state index in [1.807, 2.05) is 36.4 Å². The third-order valence-electron chi connectivity index (χ3n) is 2.81. The van der Waals surface area contributed by atoms with Crippen LogP contribution in [-0.2, 0) is 4.74 Å². The summed E-state index contributed by atoms with van der Waals surface area (Å²) >= 11 is 0. The molecule has 92 valence electrons. The molecule has 0 amide bonds. The smallest absolute Gasteiger partial charge is 0.341 e. The van der Waals surface area contributed by atoms with Gasteiger partial charge in [-0.3, -0.25) is 0 Å². The number of carbonyl (C=O) groups is 1. The van der Waals surface area contributed by atoms with Crippen LogP contribution in [0.15, 0.2) is 42.5 Å². The van der Waals surface area contributed by atoms with E-state index in [2.05, 4.69) is 4.74 Å². The molecule has 0 atom stereocenters. The fourth-order valence-electron chi connectivity index (χ4n) is 1.93. The van der Waals surface area contributed by atoms with Gasteiger partial charge in [0.15, 0.2) is 0 Å². The Labute approximate surface area is 106 Å². The van der Waals surface area contributed by atoms with Gasteiger partial charge in [-0.25, -0.2) is 4.79 Å². The summed E-state index contributed by atoms with van der Waals surface area (Å²) in [6.45, 7) is 1.78. The summed E-state index contributed by atoms with van der Waals surface area (Å²) in [6, 6.07) is 13.1. The highest BCUT2D eigenvalue weighted by atomic mass is 16.5. The fraction of sp³-hybridized carbons (Fsp3) is 0.133. The van der Waals surface area contributed by atoms with Crippen LogP contribution in [0.2, 0.25) is 0 Å². The lowest BCUT2D eigenvalue weighted by atomic mass is 9.99. The quantitative estimate of drug-likeness (QED) is 0.823. The molecule has 0 saturated carbocycles. The molecule has 0 fully saturated rings. The fourth-order valence-corrected chi connectivity index (χ4v) is 1.93. The Bertz CT molecular complexity index is 551. The molecule has 3 nitrogen and oxygen atoms in total. The van der Waals surface area contributed by atoms with Gasteiger partial charge in [-0.15, -0.1) is 0 Å². The second-order valence-corrected chi connectivity index (χ2v) is 4.04. The maximum atomic E-state index is 11.5. The standard InChI is InChI=1S/C15H14O3/c1-10-8-12(11-6-4-3-5-7-11)9-13(16)14(10)15(17)18-2/h3-9,16H,1-2H3. The van der Waals surface area contributed by atoms with Crippen molar-refractivity contribution in [3.63, 3.8) is 0 Å². The number of hydrogen-bond donors (Lipinski definition) is 1. The van der Waals surface area contributed by atoms with Gasteiger partial charge in [0.1, 0.15) is 11.3 Å². The minimum atomic E-state index is -0.524. The summed E-state index contributed by atoms with van der Waals surface area (Å²) in [4.78, 5) is 11.5. The van der Waals surface area contributed by atoms with Crippen LogP contribution >= 0.6 is 0 Å². The van der Waals surface area contributed by atoms with Crippen molar-refractivity contribution in [2.24, 2.45) is 0 Å². The van der Waals surface area contributed by atoms with E-state index in [1.165, 1.54) is 7.11 Å². The summed E-state index contributed by atoms with van der Waals surface area (Å²) in [5.74, 6) is -0.578. The lowest BCUT2D eigenvalue weighted by Gasteiger charge is -2.09. The Balaban J connectivity index is 2.53. The van der Waals surface area contributed by atoms with Crippen LogP contribution in [0.4, 0.5) is 0 Å². The number of aromatic hydroxyl groups is 1. The second-order valence-electron chi connectivity index (χ2n) is 4.04. The Morgan fingerprint density at radius 1 is 1.11 bits per heavy atom. The second kappa shape index (κ2) is 4.92. The van der Waals surface area contributed by atoms with Crippen molar-refractivity contribution in [1.29, 1.82) is 0 Å². The van der Waals surface area contributed by atoms with Crippen LogP contribution in [0, 0.1) is 6.92 Å². The van der Waals surface area contributed by atoms with Crippen LogP contribution in [-0.4, -0.2) is 18.2 Å². The van der Waals surface area contributed by atoms with Gasteiger partial charge in [-0.05, 0) is 29.7 Å². The molecular weight excluding hydrogens is 228 g/mol. The molecule has 0 aliphatic heterocycles. The third-order valence-corrected chi connectivity index (χ3v) is 2.81. The number of phenols is 1. The van der Waals surface area contributed by atoms with E-state index < -0.39 is 5.97 Å². The van der Waals surface area contributed by atoms with Gasteiger partial charge >= 0.3 is 5.97 Å². The number of esters is 1. The summed E-state index contributed by atoms with van der Waals surface area (Å²) in [7, 11) is 1.30. The van der Waals surface area contributed by atoms with Gasteiger partial charge in [0, 0.05) is 0 Å². The monoisotopic (exact) mass is 242 g/mol. The molecule has 2 aromatic carbocycles. The molecule has 0 unspecified atom stereocenters. The molecule has 0 spiro atoms. The average molecular weight is 242 g/mol. The Hall–Kier alpha value is -2.29. The Morgan fingerprint density at radius 2 is 1.78 bits per heavy atom. The predicted octanol–water partition coefficient (Wildman–Crippen LogP) is 3.15. The van der Waals surface area contributed by atoms with Crippen molar-refractivity contribution in [2.75, 3.05) is 7.11 Å². The maximum absolute atomic E-state index is 11.5. The van der Waals surface area contributed by atoms with Crippen LogP contribution in [0.25, 0.3) is 11.1 Å². The maximum Gasteiger partial charge on any atom is 0.341 e. The van der Waals surface area contributed by atoms with Crippen LogP contribution < -0.4 is 0 Å². The highest BCUT2D eigenvalue weighted by Crippen LogP contribution is 2.29. The van der Waals surface area contributed by atoms with Gasteiger partial charge in [0.2, 0.25) is 0 Å². The average Bonchev–Trinajstić information content (AvgIpc) is 2.38. The minimum Gasteiger partial charge on any atom is -0.507 e. The van der Waals surface area contributed by atoms with Crippen molar-refractivity contribution in [1.82, 2.24) is 0 Å². The zero-order chi connectivity index (χ0) is 13.1. The lowest BCUT2D eigenvalue weighted by Crippen LogP contribution is -2.04. The molecule has 0 radical (unpaired) electrons. The van der Waals surface area contributed by atoms with E-state index in [0.717, 1.165) is 11.1 Å². The van der Waals surface area contributed by atoms with E-state index in [9.17, 15) is 9.90 Å². The first-order chi connectivity index (χ1) is 8.63. The highest BCUT2D eigenvalue weighted by molar-refractivity contribution is 5.95. The molecule has 0 aromatic heterocycles. The molecule has 0 aliphatic carbocycles. The van der Waals surface area contributed by atoms with Crippen molar-refractivity contribution in [3.8, 4) is 16.9 Å². The van der Waals surface area contributed by atoms with E-state index in [4.69, 9.17) is 0 Å². The van der Waals surface area contributed by atoms with Crippen molar-refractivity contribution >= 4 is 5.97 Å². The number of phenolic OH excluding ortho intramolecular Hbond substituents is 1. The molecule has 0 aliphatic rings. The Morgan fingerprint density at radius 3 is 2.33 bits per heavy atom. The number of hydrogen-bond acceptors (Lipinski definition) is 3. The first-order valence-electron chi connectivity index (χ1n) is 5.61. The molecule has 18 heavy (non-hydrogen) atoms. The number of rotatable bonds is 2. The van der Waals surface area contributed by atoms with Crippen LogP contribution in [0.1, 0.15) is 15.9 Å². The minimum absolute atomic E-state index is 0.0549. The summed E-state index contributed by atoms with van der Waals surface area (Å²) in [5, 5.41) is 9.93. The molecule has 3 heteroatoms. The van der Waals surface area contributed by atoms with Gasteiger partial charge in [-0.1, -0.05) is 36.4 Å². The predicted molar refractivity (Wildman–Crippen MR) is 69.6 cm³/mol. The lowest BCUT2D eigenvalue weighted by molar-refractivity contribution is 0.0596. The highest BCUT2D eigenvalue weighted by Gasteiger charge is 2.16. The molecule has 2 aromatic rings. The van der Waals surface area contributed by atoms with E-state index in [1.54, 1.807) is 13.0 Å². The number of aryl methyl sites for hydroxylation is 1. The van der Waals surface area contributed by atoms with Gasteiger partial charge < -0.3 is 9.84 Å². The number of carbonyl (C=O) groups excluding carboxylic acids is 1. The normalized spacial score (nSPS) is 10.1. The zero-order valence-corrected chi connectivity index (χ0v) is 10.3. The SMILES string of the molecule is COC(=O)c1c(C)cc(-c2ccccc2)cc1O. The van der Waals surface area contributed by atoms with Crippen molar-refractivity contribution in [2.45, 2.75) is 6.92 Å². The summed E-state index contributed by atoms with van der Waals surface area (Å²) in [6.07, 6.45) is 0. The summed E-state index contributed by atoms with van der Waals surface area (Å²) < 4.78 is 4.64. The molecular formula is C15H14O3. The van der Waals surface area contributed by atoms with Crippen molar-refractivity contribution in [3.05, 3.63) is 53.6 Å². The van der Waals surface area contributed by atoms with Gasteiger partial charge in [0.05, 0.1) is 7.11 Å². The molecule has 1 N–H and O–H groups in total. The molecule has 0 bridgehead atoms. The third kappa shape index (κ3) is 2.20. The number of methoxy groups -OCH3 is 1. The first kappa shape index (κ1) is 12.2. The van der Waals surface area contributed by atoms with Crippen LogP contribution in [0.3, 0.4) is 0 Å². The van der Waals surface area contributed by atoms with E-state index in [-0.39, 0.29) is 11.3 Å².